The van der Waals surface area contributed by atoms with Crippen LogP contribution in [-0.2, 0) is 6.18 Å². The molecule has 0 bridgehead atoms. The first-order chi connectivity index (χ1) is 9.85. The summed E-state index contributed by atoms with van der Waals surface area (Å²) in [5, 5.41) is 2.94. The third-order valence-corrected chi connectivity index (χ3v) is 2.99. The fourth-order valence-electron chi connectivity index (χ4n) is 1.67. The summed E-state index contributed by atoms with van der Waals surface area (Å²) in [6.07, 6.45) is -4.63. The highest BCUT2D eigenvalue weighted by Crippen LogP contribution is 2.33. The molecule has 0 aliphatic heterocycles. The molecule has 4 nitrogen and oxygen atoms in total. The van der Waals surface area contributed by atoms with Gasteiger partial charge in [0.05, 0.1) is 17.8 Å². The summed E-state index contributed by atoms with van der Waals surface area (Å²) in [5.41, 5.74) is 0.567. The van der Waals surface area contributed by atoms with Gasteiger partial charge < -0.3 is 10.1 Å². The average Bonchev–Trinajstić information content (AvgIpc) is 2.46. The largest absolute Gasteiger partial charge is 0.495 e. The van der Waals surface area contributed by atoms with E-state index in [1.807, 2.05) is 0 Å². The molecule has 0 radical (unpaired) electrons. The number of nitrogens with zero attached hydrogens (tertiary/aromatic N) is 2. The SMILES string of the molecule is CNc1cc(-c2ccc(Cl)c(OC)c2)nc(C(F)(F)F)n1. The molecule has 2 aromatic rings. The number of anilines is 1. The summed E-state index contributed by atoms with van der Waals surface area (Å²) >= 11 is 5.90. The van der Waals surface area contributed by atoms with E-state index < -0.39 is 12.0 Å². The molecule has 21 heavy (non-hydrogen) atoms. The predicted molar refractivity (Wildman–Crippen MR) is 73.6 cm³/mol. The van der Waals surface area contributed by atoms with Crippen LogP contribution in [0.25, 0.3) is 11.3 Å². The zero-order valence-corrected chi connectivity index (χ0v) is 11.9. The fraction of sp³-hybridized carbons (Fsp3) is 0.231. The van der Waals surface area contributed by atoms with Gasteiger partial charge in [-0.1, -0.05) is 17.7 Å². The predicted octanol–water partition coefficient (Wildman–Crippen LogP) is 3.87. The molecule has 1 aromatic heterocycles. The zero-order chi connectivity index (χ0) is 15.6. The van der Waals surface area contributed by atoms with Gasteiger partial charge in [-0.25, -0.2) is 9.97 Å². The van der Waals surface area contributed by atoms with E-state index in [-0.39, 0.29) is 11.5 Å². The highest BCUT2D eigenvalue weighted by atomic mass is 35.5. The Morgan fingerprint density at radius 1 is 1.19 bits per heavy atom. The Morgan fingerprint density at radius 3 is 2.48 bits per heavy atom. The van der Waals surface area contributed by atoms with Crippen molar-refractivity contribution in [3.8, 4) is 17.0 Å². The van der Waals surface area contributed by atoms with Crippen molar-refractivity contribution >= 4 is 17.4 Å². The standard InChI is InChI=1S/C13H11ClF3N3O/c1-18-11-6-9(19-12(20-11)13(15,16)17)7-3-4-8(14)10(5-7)21-2/h3-6H,1-2H3,(H,18,19,20). The van der Waals surface area contributed by atoms with Crippen LogP contribution in [0.15, 0.2) is 24.3 Å². The van der Waals surface area contributed by atoms with Gasteiger partial charge in [0.25, 0.3) is 0 Å². The van der Waals surface area contributed by atoms with Crippen molar-refractivity contribution in [2.45, 2.75) is 6.18 Å². The van der Waals surface area contributed by atoms with Gasteiger partial charge in [-0.05, 0) is 12.1 Å². The Bertz CT molecular complexity index is 662. The molecule has 0 saturated heterocycles. The normalized spacial score (nSPS) is 11.3. The van der Waals surface area contributed by atoms with E-state index in [4.69, 9.17) is 16.3 Å². The smallest absolute Gasteiger partial charge is 0.451 e. The first kappa shape index (κ1) is 15.4. The van der Waals surface area contributed by atoms with Crippen LogP contribution in [0.5, 0.6) is 5.75 Å². The first-order valence-electron chi connectivity index (χ1n) is 5.83. The van der Waals surface area contributed by atoms with Gasteiger partial charge in [0, 0.05) is 18.7 Å². The summed E-state index contributed by atoms with van der Waals surface area (Å²) in [6.45, 7) is 0. The summed E-state index contributed by atoms with van der Waals surface area (Å²) in [6, 6.07) is 6.03. The molecule has 8 heteroatoms. The molecule has 112 valence electrons. The number of hydrogen-bond donors (Lipinski definition) is 1. The van der Waals surface area contributed by atoms with E-state index in [1.54, 1.807) is 6.07 Å². The van der Waals surface area contributed by atoms with Crippen molar-refractivity contribution in [1.29, 1.82) is 0 Å². The highest BCUT2D eigenvalue weighted by molar-refractivity contribution is 6.32. The van der Waals surface area contributed by atoms with Crippen LogP contribution >= 0.6 is 11.6 Å². The Balaban J connectivity index is 2.58. The van der Waals surface area contributed by atoms with E-state index in [9.17, 15) is 13.2 Å². The van der Waals surface area contributed by atoms with Crippen molar-refractivity contribution < 1.29 is 17.9 Å². The lowest BCUT2D eigenvalue weighted by Gasteiger charge is -2.11. The lowest BCUT2D eigenvalue weighted by Crippen LogP contribution is -2.13. The lowest BCUT2D eigenvalue weighted by molar-refractivity contribution is -0.144. The summed E-state index contributed by atoms with van der Waals surface area (Å²) in [4.78, 5) is 6.96. The van der Waals surface area contributed by atoms with Crippen LogP contribution in [0.3, 0.4) is 0 Å². The van der Waals surface area contributed by atoms with Gasteiger partial charge >= 0.3 is 6.18 Å². The maximum Gasteiger partial charge on any atom is 0.451 e. The Kier molecular flexibility index (Phi) is 4.22. The van der Waals surface area contributed by atoms with Crippen LogP contribution in [-0.4, -0.2) is 24.1 Å². The minimum absolute atomic E-state index is 0.0706. The number of halogens is 4. The van der Waals surface area contributed by atoms with Gasteiger partial charge in [0.2, 0.25) is 5.82 Å². The molecule has 0 unspecified atom stereocenters. The first-order valence-corrected chi connectivity index (χ1v) is 6.21. The number of rotatable bonds is 3. The van der Waals surface area contributed by atoms with Crippen molar-refractivity contribution in [3.05, 3.63) is 35.1 Å². The minimum atomic E-state index is -4.63. The molecule has 1 aromatic carbocycles. The van der Waals surface area contributed by atoms with Crippen LogP contribution < -0.4 is 10.1 Å². The molecule has 0 spiro atoms. The highest BCUT2D eigenvalue weighted by Gasteiger charge is 2.35. The fourth-order valence-corrected chi connectivity index (χ4v) is 1.86. The number of hydrogen-bond acceptors (Lipinski definition) is 4. The Hall–Kier alpha value is -2.02. The Labute approximate surface area is 123 Å². The zero-order valence-electron chi connectivity index (χ0n) is 11.1. The van der Waals surface area contributed by atoms with E-state index in [2.05, 4.69) is 15.3 Å². The molecule has 0 aliphatic rings. The molecule has 0 saturated carbocycles. The molecular weight excluding hydrogens is 307 g/mol. The lowest BCUT2D eigenvalue weighted by atomic mass is 10.1. The van der Waals surface area contributed by atoms with Crippen LogP contribution in [0, 0.1) is 0 Å². The molecule has 2 rings (SSSR count). The average molecular weight is 318 g/mol. The van der Waals surface area contributed by atoms with Gasteiger partial charge in [-0.2, -0.15) is 13.2 Å². The number of alkyl halides is 3. The molecule has 1 heterocycles. The summed E-state index contributed by atoms with van der Waals surface area (Å²) < 4.78 is 43.5. The number of nitrogens with one attached hydrogen (secondary N) is 1. The number of ether oxygens (including phenoxy) is 1. The topological polar surface area (TPSA) is 47.0 Å². The van der Waals surface area contributed by atoms with E-state index >= 15 is 0 Å². The third kappa shape index (κ3) is 3.36. The van der Waals surface area contributed by atoms with E-state index in [0.717, 1.165) is 0 Å². The van der Waals surface area contributed by atoms with Crippen molar-refractivity contribution in [3.63, 3.8) is 0 Å². The van der Waals surface area contributed by atoms with E-state index in [1.165, 1.54) is 32.4 Å². The molecule has 0 atom stereocenters. The molecule has 1 N–H and O–H groups in total. The van der Waals surface area contributed by atoms with Crippen LogP contribution in [0.2, 0.25) is 5.02 Å². The van der Waals surface area contributed by atoms with Crippen LogP contribution in [0.1, 0.15) is 5.82 Å². The molecule has 0 amide bonds. The van der Waals surface area contributed by atoms with Crippen molar-refractivity contribution in [2.75, 3.05) is 19.5 Å². The maximum atomic E-state index is 12.8. The summed E-state index contributed by atoms with van der Waals surface area (Å²) in [5.74, 6) is -0.785. The van der Waals surface area contributed by atoms with Crippen molar-refractivity contribution in [2.24, 2.45) is 0 Å². The molecule has 0 aliphatic carbocycles. The minimum Gasteiger partial charge on any atom is -0.495 e. The number of aromatic nitrogens is 2. The maximum absolute atomic E-state index is 12.8. The second kappa shape index (κ2) is 5.77. The Morgan fingerprint density at radius 2 is 1.90 bits per heavy atom. The molecule has 0 fully saturated rings. The van der Waals surface area contributed by atoms with Crippen molar-refractivity contribution in [1.82, 2.24) is 9.97 Å². The number of methoxy groups -OCH3 is 1. The third-order valence-electron chi connectivity index (χ3n) is 2.68. The second-order valence-corrected chi connectivity index (χ2v) is 4.47. The van der Waals surface area contributed by atoms with Crippen LogP contribution in [0.4, 0.5) is 19.0 Å². The molecular formula is C13H11ClF3N3O. The van der Waals surface area contributed by atoms with Gasteiger partial charge in [-0.15, -0.1) is 0 Å². The van der Waals surface area contributed by atoms with Gasteiger partial charge in [0.1, 0.15) is 11.6 Å². The second-order valence-electron chi connectivity index (χ2n) is 4.06. The van der Waals surface area contributed by atoms with E-state index in [0.29, 0.717) is 16.3 Å². The number of benzene rings is 1. The summed E-state index contributed by atoms with van der Waals surface area (Å²) in [7, 11) is 2.90. The quantitative estimate of drug-likeness (QED) is 0.933. The van der Waals surface area contributed by atoms with Gasteiger partial charge in [-0.3, -0.25) is 0 Å². The van der Waals surface area contributed by atoms with Gasteiger partial charge in [0.15, 0.2) is 0 Å². The monoisotopic (exact) mass is 317 g/mol.